The zero-order chi connectivity index (χ0) is 9.35. The van der Waals surface area contributed by atoms with E-state index in [0.29, 0.717) is 0 Å². The second-order valence-electron chi connectivity index (χ2n) is 2.32. The molecule has 0 unspecified atom stereocenters. The first-order chi connectivity index (χ1) is 5.43. The Hall–Kier alpha value is -0.940. The van der Waals surface area contributed by atoms with E-state index in [0.717, 1.165) is 12.1 Å². The summed E-state index contributed by atoms with van der Waals surface area (Å²) in [6, 6.07) is 3.37. The zero-order valence-electron chi connectivity index (χ0n) is 6.24. The average molecular weight is 189 g/mol. The lowest BCUT2D eigenvalue weighted by Crippen LogP contribution is -2.00. The third-order valence-corrected chi connectivity index (χ3v) is 2.47. The molecule has 0 aliphatic rings. The molecule has 0 fully saturated rings. The molecule has 0 atom stereocenters. The second-order valence-corrected chi connectivity index (χ2v) is 3.67. The molecule has 65 valence electrons. The maximum Gasteiger partial charge on any atom is 0.324 e. The highest BCUT2D eigenvalue weighted by Gasteiger charge is 2.16. The first kappa shape index (κ1) is 9.15. The smallest absolute Gasteiger partial charge is 0.207 e. The normalized spacial score (nSPS) is 11.6. The van der Waals surface area contributed by atoms with Crippen LogP contribution in [0.15, 0.2) is 23.1 Å². The zero-order valence-corrected chi connectivity index (χ0v) is 7.06. The minimum absolute atomic E-state index is 0.132. The van der Waals surface area contributed by atoms with E-state index in [4.69, 9.17) is 0 Å². The van der Waals surface area contributed by atoms with Gasteiger partial charge in [0, 0.05) is 5.56 Å². The molecule has 1 rings (SSSR count). The molecule has 0 aliphatic heterocycles. The lowest BCUT2D eigenvalue weighted by molar-refractivity contribution is 0.413. The van der Waals surface area contributed by atoms with Crippen LogP contribution >= 0.6 is 0 Å². The lowest BCUT2D eigenvalue weighted by atomic mass is 10.2. The van der Waals surface area contributed by atoms with Crippen molar-refractivity contribution in [3.8, 4) is 0 Å². The third kappa shape index (κ3) is 1.62. The molecule has 0 N–H and O–H groups in total. The highest BCUT2D eigenvalue weighted by molar-refractivity contribution is 7.85. The molecule has 0 amide bonds. The molecular weight excluding hydrogens is 183 g/mol. The largest absolute Gasteiger partial charge is 0.324 e. The van der Waals surface area contributed by atoms with Gasteiger partial charge < -0.3 is 0 Å². The van der Waals surface area contributed by atoms with Crippen molar-refractivity contribution in [2.75, 3.05) is 0 Å². The van der Waals surface area contributed by atoms with E-state index < -0.39 is 20.8 Å². The summed E-state index contributed by atoms with van der Waals surface area (Å²) in [5, 5.41) is 0. The molecule has 0 bridgehead atoms. The van der Waals surface area contributed by atoms with Crippen LogP contribution in [0.2, 0.25) is 0 Å². The van der Waals surface area contributed by atoms with Crippen molar-refractivity contribution in [2.45, 2.75) is 11.8 Å². The van der Waals surface area contributed by atoms with Crippen molar-refractivity contribution in [1.82, 2.24) is 0 Å². The van der Waals surface area contributed by atoms with E-state index in [2.05, 4.69) is 0 Å². The van der Waals surface area contributed by atoms with Gasteiger partial charge >= 0.3 is 10.1 Å². The van der Waals surface area contributed by atoms with Crippen LogP contribution in [-0.4, -0.2) is 8.42 Å². The number of rotatable bonds is 1. The predicted octanol–water partition coefficient (Wildman–Crippen LogP) is 1.25. The Labute approximate surface area is 69.6 Å². The van der Waals surface area contributed by atoms with E-state index in [9.17, 15) is 17.4 Å². The maximum atomic E-state index is 12.7. The number of halogens is 1. The highest BCUT2D eigenvalue weighted by atomic mass is 32.2. The van der Waals surface area contributed by atoms with Crippen LogP contribution in [0.5, 0.6) is 0 Å². The molecule has 0 heterocycles. The number of hydrogen-bond acceptors (Lipinski definition) is 2. The minimum Gasteiger partial charge on any atom is -0.207 e. The summed E-state index contributed by atoms with van der Waals surface area (Å²) in [7, 11) is -4.55. The number of hydrogen-bond donors (Lipinski definition) is 0. The Morgan fingerprint density at radius 3 is 2.33 bits per heavy atom. The van der Waals surface area contributed by atoms with E-state index in [-0.39, 0.29) is 5.56 Å². The van der Waals surface area contributed by atoms with Crippen molar-refractivity contribution in [2.24, 2.45) is 0 Å². The van der Waals surface area contributed by atoms with Crippen LogP contribution in [0.3, 0.4) is 0 Å². The Morgan fingerprint density at radius 2 is 1.92 bits per heavy atom. The monoisotopic (exact) mass is 189 g/mol. The molecule has 1 aromatic carbocycles. The van der Waals surface area contributed by atoms with Gasteiger partial charge in [0.1, 0.15) is 10.7 Å². The van der Waals surface area contributed by atoms with Gasteiger partial charge in [0.05, 0.1) is 0 Å². The topological polar surface area (TPSA) is 54.0 Å². The van der Waals surface area contributed by atoms with Crippen molar-refractivity contribution in [3.05, 3.63) is 29.6 Å². The van der Waals surface area contributed by atoms with Gasteiger partial charge in [-0.1, -0.05) is 10.6 Å². The fraction of sp³-hybridized carbons (Fsp3) is 0.143. The molecule has 0 aliphatic carbocycles. The van der Waals surface area contributed by atoms with E-state index in [1.165, 1.54) is 13.0 Å². The quantitative estimate of drug-likeness (QED) is 0.667. The Morgan fingerprint density at radius 1 is 1.33 bits per heavy atom. The Kier molecular flexibility index (Phi) is 2.16. The summed E-state index contributed by atoms with van der Waals surface area (Å²) in [4.78, 5) is -0.498. The van der Waals surface area contributed by atoms with Gasteiger partial charge in [-0.15, -0.1) is 0 Å². The first-order valence-electron chi connectivity index (χ1n) is 3.14. The fourth-order valence-corrected chi connectivity index (χ4v) is 1.58. The van der Waals surface area contributed by atoms with Crippen molar-refractivity contribution in [3.63, 3.8) is 0 Å². The predicted molar refractivity (Wildman–Crippen MR) is 39.0 cm³/mol. The van der Waals surface area contributed by atoms with E-state index >= 15 is 0 Å². The summed E-state index contributed by atoms with van der Waals surface area (Å²) in [6.07, 6.45) is 0. The Balaban J connectivity index is 3.47. The summed E-state index contributed by atoms with van der Waals surface area (Å²) in [5.41, 5.74) is -0.132. The van der Waals surface area contributed by atoms with E-state index in [1.807, 2.05) is 0 Å². The van der Waals surface area contributed by atoms with Crippen LogP contribution in [0.1, 0.15) is 5.56 Å². The second kappa shape index (κ2) is 2.84. The third-order valence-electron chi connectivity index (χ3n) is 1.49. The minimum atomic E-state index is -4.55. The van der Waals surface area contributed by atoms with Crippen LogP contribution in [0.4, 0.5) is 4.39 Å². The molecule has 1 radical (unpaired) electrons. The van der Waals surface area contributed by atoms with Gasteiger partial charge in [0.25, 0.3) is 0 Å². The molecule has 3 nitrogen and oxygen atoms in total. The molecule has 1 aromatic rings. The number of benzene rings is 1. The molecule has 0 saturated heterocycles. The fourth-order valence-electron chi connectivity index (χ4n) is 0.859. The maximum absolute atomic E-state index is 12.7. The van der Waals surface area contributed by atoms with Crippen molar-refractivity contribution < 1.29 is 17.4 Å². The first-order valence-corrected chi connectivity index (χ1v) is 4.55. The Bertz CT molecular complexity index is 397. The molecule has 0 aromatic heterocycles. The van der Waals surface area contributed by atoms with Gasteiger partial charge in [0.2, 0.25) is 0 Å². The van der Waals surface area contributed by atoms with Crippen LogP contribution in [0.25, 0.3) is 0 Å². The van der Waals surface area contributed by atoms with Gasteiger partial charge in [-0.05, 0) is 19.1 Å². The molecule has 0 saturated carbocycles. The van der Waals surface area contributed by atoms with Crippen molar-refractivity contribution >= 4 is 10.1 Å². The van der Waals surface area contributed by atoms with Gasteiger partial charge in [-0.25, -0.2) is 4.39 Å². The molecular formula is C7H6FO3S. The summed E-state index contributed by atoms with van der Waals surface area (Å²) in [6.45, 7) is 1.25. The summed E-state index contributed by atoms with van der Waals surface area (Å²) >= 11 is 0. The van der Waals surface area contributed by atoms with Crippen LogP contribution in [0, 0.1) is 12.7 Å². The lowest BCUT2D eigenvalue weighted by Gasteiger charge is -2.00. The summed E-state index contributed by atoms with van der Waals surface area (Å²) in [5.74, 6) is -0.688. The van der Waals surface area contributed by atoms with Crippen LogP contribution < -0.4 is 0 Å². The van der Waals surface area contributed by atoms with Crippen LogP contribution in [-0.2, 0) is 14.7 Å². The SMILES string of the molecule is Cc1c(F)cccc1S([O])(=O)=O. The van der Waals surface area contributed by atoms with Gasteiger partial charge in [0.15, 0.2) is 0 Å². The highest BCUT2D eigenvalue weighted by Crippen LogP contribution is 2.17. The van der Waals surface area contributed by atoms with Gasteiger partial charge in [-0.3, -0.25) is 0 Å². The molecule has 0 spiro atoms. The van der Waals surface area contributed by atoms with Gasteiger partial charge in [-0.2, -0.15) is 8.42 Å². The molecule has 12 heavy (non-hydrogen) atoms. The average Bonchev–Trinajstić information content (AvgIpc) is 1.92. The standard InChI is InChI=1S/C7H6FO3S/c1-5-6(8)3-2-4-7(5)12(9,10)11/h2-4H,1H3. The van der Waals surface area contributed by atoms with E-state index in [1.54, 1.807) is 0 Å². The molecule has 5 heteroatoms. The van der Waals surface area contributed by atoms with Crippen molar-refractivity contribution in [1.29, 1.82) is 0 Å². The summed E-state index contributed by atoms with van der Waals surface area (Å²) < 4.78 is 44.2.